The number of ether oxygens (including phenoxy) is 1. The van der Waals surface area contributed by atoms with Crippen LogP contribution in [0.2, 0.25) is 0 Å². The molecule has 1 aliphatic rings. The fraction of sp³-hybridized carbons (Fsp3) is 0.211. The Morgan fingerprint density at radius 2 is 1.83 bits per heavy atom. The summed E-state index contributed by atoms with van der Waals surface area (Å²) in [6.07, 6.45) is 0.705. The largest absolute Gasteiger partial charge is 0.466 e. The van der Waals surface area contributed by atoms with Gasteiger partial charge in [-0.3, -0.25) is 5.01 Å². The van der Waals surface area contributed by atoms with Crippen molar-refractivity contribution in [1.29, 1.82) is 0 Å². The number of hydrogen-bond donors (Lipinski definition) is 1. The van der Waals surface area contributed by atoms with Gasteiger partial charge >= 0.3 is 5.97 Å². The highest BCUT2D eigenvalue weighted by Crippen LogP contribution is 2.29. The van der Waals surface area contributed by atoms with Crippen molar-refractivity contribution < 1.29 is 9.53 Å². The van der Waals surface area contributed by atoms with Crippen LogP contribution in [0.3, 0.4) is 0 Å². The molecule has 0 saturated carbocycles. The van der Waals surface area contributed by atoms with Crippen molar-refractivity contribution >= 4 is 27.6 Å². The molecule has 0 saturated heterocycles. The van der Waals surface area contributed by atoms with Crippen LogP contribution in [-0.4, -0.2) is 19.1 Å². The monoisotopic (exact) mass is 386 g/mol. The molecule has 1 heterocycles. The molecule has 0 aromatic heterocycles. The first-order valence-corrected chi connectivity index (χ1v) is 8.54. The molecule has 0 spiro atoms. The molecule has 2 aromatic rings. The van der Waals surface area contributed by atoms with Gasteiger partial charge in [0.15, 0.2) is 0 Å². The number of nitrogens with one attached hydrogen (secondary N) is 1. The summed E-state index contributed by atoms with van der Waals surface area (Å²) in [7, 11) is 1.42. The van der Waals surface area contributed by atoms with Gasteiger partial charge in [-0.15, -0.1) is 0 Å². The molecular formula is C19H19BrN2O2. The fourth-order valence-corrected chi connectivity index (χ4v) is 3.23. The van der Waals surface area contributed by atoms with E-state index in [1.54, 1.807) is 0 Å². The van der Waals surface area contributed by atoms with Gasteiger partial charge in [-0.2, -0.15) is 0 Å². The number of rotatable bonds is 4. The van der Waals surface area contributed by atoms with Crippen molar-refractivity contribution in [2.75, 3.05) is 12.1 Å². The minimum absolute atomic E-state index is 0.124. The molecule has 24 heavy (non-hydrogen) atoms. The number of esters is 1. The number of benzene rings is 2. The zero-order valence-electron chi connectivity index (χ0n) is 13.6. The first kappa shape index (κ1) is 16.6. The van der Waals surface area contributed by atoms with E-state index in [0.717, 1.165) is 21.4 Å². The molecule has 0 fully saturated rings. The van der Waals surface area contributed by atoms with Gasteiger partial charge in [-0.05, 0) is 43.2 Å². The summed E-state index contributed by atoms with van der Waals surface area (Å²) >= 11 is 3.46. The van der Waals surface area contributed by atoms with Crippen molar-refractivity contribution in [1.82, 2.24) is 5.43 Å². The van der Waals surface area contributed by atoms with Crippen LogP contribution < -0.4 is 10.4 Å². The Morgan fingerprint density at radius 3 is 2.46 bits per heavy atom. The fourth-order valence-electron chi connectivity index (χ4n) is 2.97. The number of carbonyl (C=O) groups is 1. The highest BCUT2D eigenvalue weighted by molar-refractivity contribution is 9.10. The van der Waals surface area contributed by atoms with Gasteiger partial charge in [0.2, 0.25) is 0 Å². The maximum atomic E-state index is 12.3. The van der Waals surface area contributed by atoms with E-state index in [0.29, 0.717) is 12.0 Å². The predicted octanol–water partition coefficient (Wildman–Crippen LogP) is 3.83. The Balaban J connectivity index is 1.96. The number of halogens is 1. The minimum Gasteiger partial charge on any atom is -0.466 e. The number of allylic oxidation sites excluding steroid dienone is 1. The highest BCUT2D eigenvalue weighted by atomic mass is 79.9. The summed E-state index contributed by atoms with van der Waals surface area (Å²) in [5, 5.41) is 2.03. The van der Waals surface area contributed by atoms with E-state index in [-0.39, 0.29) is 12.0 Å². The van der Waals surface area contributed by atoms with Gasteiger partial charge in [0.05, 0.1) is 24.4 Å². The molecule has 5 heteroatoms. The number of hydrazine groups is 1. The lowest BCUT2D eigenvalue weighted by Gasteiger charge is -2.28. The maximum absolute atomic E-state index is 12.3. The lowest BCUT2D eigenvalue weighted by Crippen LogP contribution is -2.41. The van der Waals surface area contributed by atoms with E-state index in [4.69, 9.17) is 4.74 Å². The van der Waals surface area contributed by atoms with Crippen molar-refractivity contribution in [2.45, 2.75) is 19.4 Å². The van der Waals surface area contributed by atoms with E-state index in [9.17, 15) is 4.79 Å². The Kier molecular flexibility index (Phi) is 4.90. The van der Waals surface area contributed by atoms with E-state index >= 15 is 0 Å². The summed E-state index contributed by atoms with van der Waals surface area (Å²) in [6.45, 7) is 1.91. The summed E-state index contributed by atoms with van der Waals surface area (Å²) in [5.74, 6) is -0.291. The lowest BCUT2D eigenvalue weighted by atomic mass is 9.98. The van der Waals surface area contributed by atoms with Crippen LogP contribution in [0.1, 0.15) is 12.5 Å². The molecule has 1 unspecified atom stereocenters. The van der Waals surface area contributed by atoms with Gasteiger partial charge in [0.1, 0.15) is 0 Å². The average Bonchev–Trinajstić information content (AvgIpc) is 2.93. The molecule has 4 nitrogen and oxygen atoms in total. The van der Waals surface area contributed by atoms with E-state index in [1.165, 1.54) is 7.11 Å². The van der Waals surface area contributed by atoms with Crippen molar-refractivity contribution in [3.05, 3.63) is 75.9 Å². The summed E-state index contributed by atoms with van der Waals surface area (Å²) in [5.41, 5.74) is 6.98. The average molecular weight is 387 g/mol. The highest BCUT2D eigenvalue weighted by Gasteiger charge is 2.36. The standard InChI is InChI=1S/C19H19BrN2O2/c1-13-18(19(23)24-2)17(12-14-8-10-15(20)11-9-14)22(21-13)16-6-4-3-5-7-16/h3-11,17,21H,12H2,1-2H3. The second-order valence-corrected chi connectivity index (χ2v) is 6.61. The van der Waals surface area contributed by atoms with E-state index in [1.807, 2.05) is 54.4 Å². The number of hydrogen-bond acceptors (Lipinski definition) is 4. The second kappa shape index (κ2) is 7.09. The zero-order chi connectivity index (χ0) is 17.1. The predicted molar refractivity (Wildman–Crippen MR) is 98.4 cm³/mol. The Hall–Kier alpha value is -2.27. The molecule has 1 aliphatic heterocycles. The van der Waals surface area contributed by atoms with Gasteiger partial charge in [-0.25, -0.2) is 4.79 Å². The Labute approximate surface area is 150 Å². The van der Waals surface area contributed by atoms with Crippen LogP contribution in [0.25, 0.3) is 0 Å². The van der Waals surface area contributed by atoms with Crippen LogP contribution >= 0.6 is 15.9 Å². The first-order valence-electron chi connectivity index (χ1n) is 7.74. The summed E-state index contributed by atoms with van der Waals surface area (Å²) in [4.78, 5) is 12.3. The Morgan fingerprint density at radius 1 is 1.17 bits per heavy atom. The third-order valence-electron chi connectivity index (χ3n) is 4.12. The number of para-hydroxylation sites is 1. The van der Waals surface area contributed by atoms with Crippen LogP contribution in [0.5, 0.6) is 0 Å². The molecule has 2 aromatic carbocycles. The van der Waals surface area contributed by atoms with Crippen molar-refractivity contribution in [2.24, 2.45) is 0 Å². The van der Waals surface area contributed by atoms with Gasteiger partial charge < -0.3 is 10.2 Å². The second-order valence-electron chi connectivity index (χ2n) is 5.69. The molecule has 3 rings (SSSR count). The smallest absolute Gasteiger partial charge is 0.337 e. The van der Waals surface area contributed by atoms with Crippen LogP contribution in [0, 0.1) is 0 Å². The summed E-state index contributed by atoms with van der Waals surface area (Å²) < 4.78 is 6.04. The molecule has 1 N–H and O–H groups in total. The van der Waals surface area contributed by atoms with E-state index < -0.39 is 0 Å². The minimum atomic E-state index is -0.291. The first-order chi connectivity index (χ1) is 11.6. The molecule has 124 valence electrons. The third-order valence-corrected chi connectivity index (χ3v) is 4.65. The van der Waals surface area contributed by atoms with Crippen LogP contribution in [0.15, 0.2) is 70.3 Å². The van der Waals surface area contributed by atoms with Gasteiger partial charge in [0.25, 0.3) is 0 Å². The normalized spacial score (nSPS) is 17.0. The Bertz CT molecular complexity index is 757. The topological polar surface area (TPSA) is 41.6 Å². The molecule has 0 bridgehead atoms. The van der Waals surface area contributed by atoms with E-state index in [2.05, 4.69) is 33.5 Å². The lowest BCUT2D eigenvalue weighted by molar-refractivity contribution is -0.136. The van der Waals surface area contributed by atoms with Gasteiger partial charge in [0, 0.05) is 10.2 Å². The number of anilines is 1. The zero-order valence-corrected chi connectivity index (χ0v) is 15.2. The summed E-state index contributed by atoms with van der Waals surface area (Å²) in [6, 6.07) is 18.0. The molecule has 1 atom stereocenters. The van der Waals surface area contributed by atoms with Crippen molar-refractivity contribution in [3.63, 3.8) is 0 Å². The molecule has 0 aliphatic carbocycles. The number of methoxy groups -OCH3 is 1. The van der Waals surface area contributed by atoms with Crippen molar-refractivity contribution in [3.8, 4) is 0 Å². The van der Waals surface area contributed by atoms with Crippen LogP contribution in [0.4, 0.5) is 5.69 Å². The molecular weight excluding hydrogens is 368 g/mol. The van der Waals surface area contributed by atoms with Gasteiger partial charge in [-0.1, -0.05) is 46.3 Å². The number of carbonyl (C=O) groups excluding carboxylic acids is 1. The number of nitrogens with zero attached hydrogens (tertiary/aromatic N) is 1. The molecule has 0 radical (unpaired) electrons. The van der Waals surface area contributed by atoms with Crippen LogP contribution in [-0.2, 0) is 16.0 Å². The third kappa shape index (κ3) is 3.31. The molecule has 0 amide bonds. The SMILES string of the molecule is COC(=O)C1=C(C)NN(c2ccccc2)C1Cc1ccc(Br)cc1. The quantitative estimate of drug-likeness (QED) is 0.810. The maximum Gasteiger partial charge on any atom is 0.337 e.